The highest BCUT2D eigenvalue weighted by molar-refractivity contribution is 5.19. The molecule has 0 unspecified atom stereocenters. The average Bonchev–Trinajstić information content (AvgIpc) is 2.61. The van der Waals surface area contributed by atoms with Crippen LogP contribution < -0.4 is 11.1 Å². The van der Waals surface area contributed by atoms with Crippen LogP contribution in [0, 0.1) is 11.6 Å². The lowest BCUT2D eigenvalue weighted by atomic mass is 10.2. The molecular formula is C18H16F2N4O2. The van der Waals surface area contributed by atoms with Crippen LogP contribution in [0.4, 0.5) is 8.78 Å². The van der Waals surface area contributed by atoms with Crippen molar-refractivity contribution < 1.29 is 8.78 Å². The van der Waals surface area contributed by atoms with Gasteiger partial charge in [-0.15, -0.1) is 0 Å². The second-order valence-electron chi connectivity index (χ2n) is 5.73. The lowest BCUT2D eigenvalue weighted by Gasteiger charge is -2.12. The van der Waals surface area contributed by atoms with Gasteiger partial charge in [-0.1, -0.05) is 12.1 Å². The summed E-state index contributed by atoms with van der Waals surface area (Å²) < 4.78 is 28.6. The summed E-state index contributed by atoms with van der Waals surface area (Å²) in [5, 5.41) is 0. The molecule has 3 aromatic rings. The number of hydrogen-bond acceptors (Lipinski definition) is 4. The first-order valence-corrected chi connectivity index (χ1v) is 8.06. The van der Waals surface area contributed by atoms with E-state index in [1.54, 1.807) is 0 Å². The van der Waals surface area contributed by atoms with E-state index in [4.69, 9.17) is 0 Å². The first kappa shape index (κ1) is 17.7. The second-order valence-corrected chi connectivity index (χ2v) is 5.73. The van der Waals surface area contributed by atoms with Crippen LogP contribution in [0.5, 0.6) is 0 Å². The van der Waals surface area contributed by atoms with Gasteiger partial charge in [0.25, 0.3) is 11.1 Å². The van der Waals surface area contributed by atoms with Crippen LogP contribution in [0.25, 0.3) is 0 Å². The monoisotopic (exact) mass is 358 g/mol. The number of aryl methyl sites for hydroxylation is 2. The van der Waals surface area contributed by atoms with E-state index in [0.29, 0.717) is 30.9 Å². The van der Waals surface area contributed by atoms with Crippen molar-refractivity contribution in [1.82, 2.24) is 19.5 Å². The minimum Gasteiger partial charge on any atom is -0.311 e. The van der Waals surface area contributed by atoms with Gasteiger partial charge in [-0.3, -0.25) is 14.2 Å². The number of H-pyrrole nitrogens is 1. The number of benzene rings is 1. The molecule has 0 aliphatic rings. The summed E-state index contributed by atoms with van der Waals surface area (Å²) in [7, 11) is 0. The first-order valence-electron chi connectivity index (χ1n) is 8.06. The Bertz CT molecular complexity index is 1030. The Hall–Kier alpha value is -3.16. The lowest BCUT2D eigenvalue weighted by molar-refractivity contribution is 0.491. The molecule has 3 rings (SSSR count). The fraction of sp³-hybridized carbons (Fsp3) is 0.222. The van der Waals surface area contributed by atoms with E-state index >= 15 is 0 Å². The third-order valence-electron chi connectivity index (χ3n) is 3.92. The zero-order valence-corrected chi connectivity index (χ0v) is 13.8. The number of halogens is 2. The van der Waals surface area contributed by atoms with Crippen LogP contribution in [-0.4, -0.2) is 19.5 Å². The fourth-order valence-electron chi connectivity index (χ4n) is 2.64. The van der Waals surface area contributed by atoms with Gasteiger partial charge in [0.2, 0.25) is 0 Å². The molecule has 0 bridgehead atoms. The molecule has 8 heteroatoms. The minimum atomic E-state index is -0.972. The SMILES string of the molecule is O=c1ccnc(CCCc2nccc(=O)n2Cc2cccc(F)c2F)[nH]1. The zero-order chi connectivity index (χ0) is 18.5. The van der Waals surface area contributed by atoms with Gasteiger partial charge in [0.1, 0.15) is 11.6 Å². The highest BCUT2D eigenvalue weighted by Gasteiger charge is 2.12. The van der Waals surface area contributed by atoms with E-state index in [0.717, 1.165) is 6.07 Å². The van der Waals surface area contributed by atoms with Crippen molar-refractivity contribution in [2.45, 2.75) is 25.8 Å². The maximum atomic E-state index is 13.9. The Labute approximate surface area is 147 Å². The Morgan fingerprint density at radius 1 is 1.00 bits per heavy atom. The van der Waals surface area contributed by atoms with E-state index in [2.05, 4.69) is 15.0 Å². The third kappa shape index (κ3) is 4.08. The summed E-state index contributed by atoms with van der Waals surface area (Å²) in [6.07, 6.45) is 4.31. The third-order valence-corrected chi connectivity index (χ3v) is 3.92. The zero-order valence-electron chi connectivity index (χ0n) is 13.8. The van der Waals surface area contributed by atoms with Gasteiger partial charge >= 0.3 is 0 Å². The standard InChI is InChI=1S/C18H16F2N4O2/c19-13-4-1-3-12(18(13)20)11-24-15(22-10-8-17(24)26)6-2-5-14-21-9-7-16(25)23-14/h1,3-4,7-10H,2,5-6,11H2,(H,21,23,25). The fourth-order valence-corrected chi connectivity index (χ4v) is 2.64. The quantitative estimate of drug-likeness (QED) is 0.729. The Kier molecular flexibility index (Phi) is 5.31. The predicted molar refractivity (Wildman–Crippen MR) is 90.8 cm³/mol. The summed E-state index contributed by atoms with van der Waals surface area (Å²) >= 11 is 0. The van der Waals surface area contributed by atoms with Crippen molar-refractivity contribution in [3.63, 3.8) is 0 Å². The van der Waals surface area contributed by atoms with Crippen LogP contribution in [0.1, 0.15) is 23.6 Å². The highest BCUT2D eigenvalue weighted by atomic mass is 19.2. The molecule has 6 nitrogen and oxygen atoms in total. The number of nitrogens with zero attached hydrogens (tertiary/aromatic N) is 3. The molecule has 0 fully saturated rings. The van der Waals surface area contributed by atoms with E-state index < -0.39 is 11.6 Å². The van der Waals surface area contributed by atoms with Crippen molar-refractivity contribution in [2.75, 3.05) is 0 Å². The number of nitrogens with one attached hydrogen (secondary N) is 1. The molecule has 2 heterocycles. The molecule has 0 saturated carbocycles. The average molecular weight is 358 g/mol. The van der Waals surface area contributed by atoms with Gasteiger partial charge in [-0.05, 0) is 12.5 Å². The van der Waals surface area contributed by atoms with Crippen LogP contribution in [-0.2, 0) is 19.4 Å². The van der Waals surface area contributed by atoms with Crippen molar-refractivity contribution in [2.24, 2.45) is 0 Å². The summed E-state index contributed by atoms with van der Waals surface area (Å²) in [6.45, 7) is -0.105. The summed E-state index contributed by atoms with van der Waals surface area (Å²) in [5.41, 5.74) is -0.494. The number of hydrogen-bond donors (Lipinski definition) is 1. The van der Waals surface area contributed by atoms with Gasteiger partial charge in [-0.2, -0.15) is 0 Å². The maximum absolute atomic E-state index is 13.9. The molecule has 0 saturated heterocycles. The molecule has 0 aliphatic carbocycles. The number of aromatic nitrogens is 4. The molecule has 0 radical (unpaired) electrons. The molecule has 0 amide bonds. The largest absolute Gasteiger partial charge is 0.311 e. The van der Waals surface area contributed by atoms with Crippen molar-refractivity contribution in [3.05, 3.63) is 92.3 Å². The van der Waals surface area contributed by atoms with Crippen LogP contribution in [0.15, 0.2) is 52.3 Å². The van der Waals surface area contributed by atoms with Crippen molar-refractivity contribution >= 4 is 0 Å². The highest BCUT2D eigenvalue weighted by Crippen LogP contribution is 2.13. The molecular weight excluding hydrogens is 342 g/mol. The Morgan fingerprint density at radius 2 is 1.81 bits per heavy atom. The van der Waals surface area contributed by atoms with Crippen LogP contribution in [0.3, 0.4) is 0 Å². The normalized spacial score (nSPS) is 10.8. The summed E-state index contributed by atoms with van der Waals surface area (Å²) in [4.78, 5) is 34.3. The van der Waals surface area contributed by atoms with Gasteiger partial charge in [0.15, 0.2) is 11.6 Å². The Balaban J connectivity index is 1.78. The summed E-state index contributed by atoms with van der Waals surface area (Å²) in [6, 6.07) is 6.45. The van der Waals surface area contributed by atoms with Gasteiger partial charge < -0.3 is 4.98 Å². The minimum absolute atomic E-state index is 0.0791. The summed E-state index contributed by atoms with van der Waals surface area (Å²) in [5.74, 6) is -0.932. The van der Waals surface area contributed by atoms with E-state index in [1.165, 1.54) is 41.2 Å². The lowest BCUT2D eigenvalue weighted by Crippen LogP contribution is -2.25. The van der Waals surface area contributed by atoms with Crippen molar-refractivity contribution in [3.8, 4) is 0 Å². The van der Waals surface area contributed by atoms with E-state index in [9.17, 15) is 18.4 Å². The predicted octanol–water partition coefficient (Wildman–Crippen LogP) is 1.83. The maximum Gasteiger partial charge on any atom is 0.253 e. The molecule has 134 valence electrons. The molecule has 0 aliphatic heterocycles. The second kappa shape index (κ2) is 7.81. The topological polar surface area (TPSA) is 80.6 Å². The Morgan fingerprint density at radius 3 is 2.62 bits per heavy atom. The molecule has 1 N–H and O–H groups in total. The van der Waals surface area contributed by atoms with Crippen LogP contribution >= 0.6 is 0 Å². The first-order chi connectivity index (χ1) is 12.5. The smallest absolute Gasteiger partial charge is 0.253 e. The molecule has 1 aromatic carbocycles. The molecule has 0 spiro atoms. The number of aromatic amines is 1. The van der Waals surface area contributed by atoms with E-state index in [1.807, 2.05) is 0 Å². The van der Waals surface area contributed by atoms with Crippen LogP contribution in [0.2, 0.25) is 0 Å². The molecule has 2 aromatic heterocycles. The van der Waals surface area contributed by atoms with Crippen molar-refractivity contribution in [1.29, 1.82) is 0 Å². The van der Waals surface area contributed by atoms with E-state index in [-0.39, 0.29) is 23.2 Å². The van der Waals surface area contributed by atoms with Gasteiger partial charge in [0.05, 0.1) is 6.54 Å². The molecule has 26 heavy (non-hydrogen) atoms. The molecule has 0 atom stereocenters. The van der Waals surface area contributed by atoms with Gasteiger partial charge in [-0.25, -0.2) is 18.7 Å². The number of rotatable bonds is 6. The van der Waals surface area contributed by atoms with Gasteiger partial charge in [0, 0.05) is 42.9 Å².